The van der Waals surface area contributed by atoms with Crippen LogP contribution in [0.1, 0.15) is 19.8 Å². The first-order valence-corrected chi connectivity index (χ1v) is 12.3. The van der Waals surface area contributed by atoms with Gasteiger partial charge in [-0.1, -0.05) is 30.1 Å². The monoisotopic (exact) mass is 534 g/mol. The summed E-state index contributed by atoms with van der Waals surface area (Å²) in [5.41, 5.74) is 0.469. The SMILES string of the molecule is CC1CCN(S(=O)(=O)c2ccc(NC(=O)COc3c(Cl)cc(Cl)cc3Br)cc2)CC1. The summed E-state index contributed by atoms with van der Waals surface area (Å²) in [5.74, 6) is 0.446. The maximum atomic E-state index is 12.8. The van der Waals surface area contributed by atoms with E-state index >= 15 is 0 Å². The Bertz CT molecular complexity index is 1000. The molecule has 1 fully saturated rings. The van der Waals surface area contributed by atoms with E-state index in [0.29, 0.717) is 39.9 Å². The minimum absolute atomic E-state index is 0.211. The maximum absolute atomic E-state index is 12.8. The van der Waals surface area contributed by atoms with Crippen LogP contribution in [0.15, 0.2) is 45.8 Å². The molecule has 0 spiro atoms. The Balaban J connectivity index is 1.59. The summed E-state index contributed by atoms with van der Waals surface area (Å²) >= 11 is 15.3. The molecular formula is C20H21BrCl2N2O4S. The zero-order valence-electron chi connectivity index (χ0n) is 16.2. The van der Waals surface area contributed by atoms with E-state index in [9.17, 15) is 13.2 Å². The lowest BCUT2D eigenvalue weighted by atomic mass is 10.0. The van der Waals surface area contributed by atoms with Crippen LogP contribution in [0.4, 0.5) is 5.69 Å². The van der Waals surface area contributed by atoms with E-state index in [0.717, 1.165) is 12.8 Å². The maximum Gasteiger partial charge on any atom is 0.262 e. The highest BCUT2D eigenvalue weighted by Crippen LogP contribution is 2.36. The highest BCUT2D eigenvalue weighted by Gasteiger charge is 2.27. The molecule has 0 bridgehead atoms. The van der Waals surface area contributed by atoms with Crippen molar-refractivity contribution in [3.05, 3.63) is 50.9 Å². The van der Waals surface area contributed by atoms with Crippen LogP contribution in [0.2, 0.25) is 10.0 Å². The third-order valence-electron chi connectivity index (χ3n) is 4.83. The van der Waals surface area contributed by atoms with Gasteiger partial charge in [-0.15, -0.1) is 0 Å². The van der Waals surface area contributed by atoms with E-state index in [2.05, 4.69) is 28.2 Å². The summed E-state index contributed by atoms with van der Waals surface area (Å²) in [6.07, 6.45) is 1.72. The minimum Gasteiger partial charge on any atom is -0.481 e. The van der Waals surface area contributed by atoms with Crippen molar-refractivity contribution in [3.8, 4) is 5.75 Å². The molecular weight excluding hydrogens is 515 g/mol. The first kappa shape index (κ1) is 23.3. The number of nitrogens with one attached hydrogen (secondary N) is 1. The van der Waals surface area contributed by atoms with Crippen LogP contribution in [-0.2, 0) is 14.8 Å². The van der Waals surface area contributed by atoms with Crippen molar-refractivity contribution in [2.45, 2.75) is 24.7 Å². The van der Waals surface area contributed by atoms with Crippen molar-refractivity contribution < 1.29 is 17.9 Å². The molecule has 1 amide bonds. The second-order valence-electron chi connectivity index (χ2n) is 7.15. The van der Waals surface area contributed by atoms with Crippen molar-refractivity contribution in [2.24, 2.45) is 5.92 Å². The molecule has 1 heterocycles. The molecule has 0 aromatic heterocycles. The Morgan fingerprint density at radius 2 is 1.83 bits per heavy atom. The third-order valence-corrected chi connectivity index (χ3v) is 7.83. The van der Waals surface area contributed by atoms with Crippen LogP contribution in [0.5, 0.6) is 5.75 Å². The van der Waals surface area contributed by atoms with Crippen LogP contribution in [0, 0.1) is 5.92 Å². The molecule has 30 heavy (non-hydrogen) atoms. The molecule has 1 N–H and O–H groups in total. The number of sulfonamides is 1. The molecule has 0 atom stereocenters. The lowest BCUT2D eigenvalue weighted by molar-refractivity contribution is -0.118. The molecule has 0 saturated carbocycles. The topological polar surface area (TPSA) is 75.7 Å². The number of amides is 1. The van der Waals surface area contributed by atoms with E-state index in [1.54, 1.807) is 18.2 Å². The lowest BCUT2D eigenvalue weighted by Gasteiger charge is -2.29. The average Bonchev–Trinajstić information content (AvgIpc) is 2.68. The number of hydrogen-bond donors (Lipinski definition) is 1. The number of ether oxygens (including phenoxy) is 1. The quantitative estimate of drug-likeness (QED) is 0.552. The highest BCUT2D eigenvalue weighted by atomic mass is 79.9. The fourth-order valence-electron chi connectivity index (χ4n) is 3.09. The molecule has 0 unspecified atom stereocenters. The van der Waals surface area contributed by atoms with E-state index < -0.39 is 15.9 Å². The zero-order chi connectivity index (χ0) is 21.9. The van der Waals surface area contributed by atoms with Crippen molar-refractivity contribution in [2.75, 3.05) is 25.0 Å². The highest BCUT2D eigenvalue weighted by molar-refractivity contribution is 9.10. The normalized spacial score (nSPS) is 15.7. The fourth-order valence-corrected chi connectivity index (χ4v) is 5.92. The molecule has 1 aliphatic heterocycles. The summed E-state index contributed by atoms with van der Waals surface area (Å²) in [6.45, 7) is 2.92. The second kappa shape index (κ2) is 9.87. The van der Waals surface area contributed by atoms with Gasteiger partial charge < -0.3 is 10.1 Å². The summed E-state index contributed by atoms with van der Waals surface area (Å²) < 4.78 is 33.1. The number of anilines is 1. The number of carbonyl (C=O) groups excluding carboxylic acids is 1. The fraction of sp³-hybridized carbons (Fsp3) is 0.350. The second-order valence-corrected chi connectivity index (χ2v) is 10.8. The van der Waals surface area contributed by atoms with Gasteiger partial charge in [-0.05, 0) is 71.1 Å². The molecule has 0 radical (unpaired) electrons. The molecule has 3 rings (SSSR count). The van der Waals surface area contributed by atoms with E-state index in [1.807, 2.05) is 0 Å². The van der Waals surface area contributed by atoms with Gasteiger partial charge in [-0.25, -0.2) is 8.42 Å². The predicted octanol–water partition coefficient (Wildman–Crippen LogP) is 5.19. The van der Waals surface area contributed by atoms with Crippen molar-refractivity contribution in [1.82, 2.24) is 4.31 Å². The molecule has 2 aromatic rings. The van der Waals surface area contributed by atoms with Crippen LogP contribution in [-0.4, -0.2) is 38.3 Å². The van der Waals surface area contributed by atoms with E-state index in [4.69, 9.17) is 27.9 Å². The zero-order valence-corrected chi connectivity index (χ0v) is 20.1. The van der Waals surface area contributed by atoms with Crippen LogP contribution >= 0.6 is 39.1 Å². The number of hydrogen-bond acceptors (Lipinski definition) is 4. The number of carbonyl (C=O) groups is 1. The smallest absolute Gasteiger partial charge is 0.262 e. The largest absolute Gasteiger partial charge is 0.481 e. The minimum atomic E-state index is -3.52. The Morgan fingerprint density at radius 1 is 1.20 bits per heavy atom. The van der Waals surface area contributed by atoms with Gasteiger partial charge in [-0.3, -0.25) is 4.79 Å². The Hall–Kier alpha value is -1.32. The predicted molar refractivity (Wildman–Crippen MR) is 122 cm³/mol. The number of rotatable bonds is 6. The molecule has 0 aliphatic carbocycles. The number of piperidine rings is 1. The van der Waals surface area contributed by atoms with E-state index in [-0.39, 0.29) is 16.5 Å². The molecule has 10 heteroatoms. The average molecular weight is 536 g/mol. The van der Waals surface area contributed by atoms with Gasteiger partial charge >= 0.3 is 0 Å². The first-order chi connectivity index (χ1) is 14.2. The van der Waals surface area contributed by atoms with Gasteiger partial charge in [-0.2, -0.15) is 4.31 Å². The van der Waals surface area contributed by atoms with E-state index in [1.165, 1.54) is 22.5 Å². The molecule has 2 aromatic carbocycles. The summed E-state index contributed by atoms with van der Waals surface area (Å²) in [7, 11) is -3.52. The Labute approximate surface area is 194 Å². The first-order valence-electron chi connectivity index (χ1n) is 9.34. The lowest BCUT2D eigenvalue weighted by Crippen LogP contribution is -2.37. The van der Waals surface area contributed by atoms with Gasteiger partial charge in [0, 0.05) is 23.8 Å². The molecule has 1 aliphatic rings. The number of benzene rings is 2. The van der Waals surface area contributed by atoms with Gasteiger partial charge in [0.05, 0.1) is 14.4 Å². The summed E-state index contributed by atoms with van der Waals surface area (Å²) in [4.78, 5) is 12.4. The Kier molecular flexibility index (Phi) is 7.68. The van der Waals surface area contributed by atoms with Gasteiger partial charge in [0.25, 0.3) is 5.91 Å². The van der Waals surface area contributed by atoms with Crippen molar-refractivity contribution >= 4 is 60.7 Å². The van der Waals surface area contributed by atoms with Crippen LogP contribution < -0.4 is 10.1 Å². The number of nitrogens with zero attached hydrogens (tertiary/aromatic N) is 1. The van der Waals surface area contributed by atoms with Crippen LogP contribution in [0.3, 0.4) is 0 Å². The molecule has 1 saturated heterocycles. The summed E-state index contributed by atoms with van der Waals surface area (Å²) in [5, 5.41) is 3.39. The number of halogens is 3. The van der Waals surface area contributed by atoms with Gasteiger partial charge in [0.2, 0.25) is 10.0 Å². The van der Waals surface area contributed by atoms with Gasteiger partial charge in [0.15, 0.2) is 12.4 Å². The van der Waals surface area contributed by atoms with Gasteiger partial charge in [0.1, 0.15) is 0 Å². The molecule has 6 nitrogen and oxygen atoms in total. The Morgan fingerprint density at radius 3 is 2.43 bits per heavy atom. The molecule has 162 valence electrons. The van der Waals surface area contributed by atoms with Crippen LogP contribution in [0.25, 0.3) is 0 Å². The summed E-state index contributed by atoms with van der Waals surface area (Å²) in [6, 6.07) is 9.24. The van der Waals surface area contributed by atoms with Crippen molar-refractivity contribution in [1.29, 1.82) is 0 Å². The standard InChI is InChI=1S/C20H21BrCl2N2O4S/c1-13-6-8-25(9-7-13)30(27,28)16-4-2-15(3-5-16)24-19(26)12-29-20-17(21)10-14(22)11-18(20)23/h2-5,10-11,13H,6-9,12H2,1H3,(H,24,26). The third kappa shape index (κ3) is 5.68. The van der Waals surface area contributed by atoms with Crippen molar-refractivity contribution in [3.63, 3.8) is 0 Å².